The number of hydrogen-bond donors (Lipinski definition) is 1. The van der Waals surface area contributed by atoms with Crippen LogP contribution < -0.4 is 10.5 Å². The SMILES string of the molecule is Cc1ccc(Cl)cc1Oc1ccc(F)cc1CN. The normalized spacial score (nSPS) is 10.4. The fourth-order valence-corrected chi connectivity index (χ4v) is 1.77. The van der Waals surface area contributed by atoms with Crippen LogP contribution in [-0.4, -0.2) is 0 Å². The highest BCUT2D eigenvalue weighted by Gasteiger charge is 2.07. The summed E-state index contributed by atoms with van der Waals surface area (Å²) in [5.41, 5.74) is 7.14. The Kier molecular flexibility index (Phi) is 3.84. The van der Waals surface area contributed by atoms with Crippen LogP contribution in [-0.2, 0) is 6.54 Å². The van der Waals surface area contributed by atoms with Gasteiger partial charge in [-0.05, 0) is 42.8 Å². The molecule has 0 heterocycles. The predicted molar refractivity (Wildman–Crippen MR) is 70.6 cm³/mol. The van der Waals surface area contributed by atoms with E-state index >= 15 is 0 Å². The molecule has 0 bridgehead atoms. The Hall–Kier alpha value is -1.58. The maximum Gasteiger partial charge on any atom is 0.132 e. The minimum atomic E-state index is -0.328. The second-order valence-electron chi connectivity index (χ2n) is 3.97. The van der Waals surface area contributed by atoms with Crippen molar-refractivity contribution >= 4 is 11.6 Å². The van der Waals surface area contributed by atoms with Gasteiger partial charge in [0.05, 0.1) is 0 Å². The first-order valence-electron chi connectivity index (χ1n) is 5.52. The zero-order chi connectivity index (χ0) is 13.1. The van der Waals surface area contributed by atoms with Gasteiger partial charge in [-0.25, -0.2) is 4.39 Å². The summed E-state index contributed by atoms with van der Waals surface area (Å²) < 4.78 is 18.8. The summed E-state index contributed by atoms with van der Waals surface area (Å²) in [5, 5.41) is 0.590. The fraction of sp³-hybridized carbons (Fsp3) is 0.143. The summed E-state index contributed by atoms with van der Waals surface area (Å²) in [4.78, 5) is 0. The molecule has 0 atom stereocenters. The van der Waals surface area contributed by atoms with E-state index in [0.29, 0.717) is 22.1 Å². The highest BCUT2D eigenvalue weighted by molar-refractivity contribution is 6.30. The van der Waals surface area contributed by atoms with Crippen molar-refractivity contribution in [3.05, 3.63) is 58.4 Å². The fourth-order valence-electron chi connectivity index (χ4n) is 1.61. The minimum Gasteiger partial charge on any atom is -0.457 e. The first-order chi connectivity index (χ1) is 8.60. The molecule has 0 radical (unpaired) electrons. The van der Waals surface area contributed by atoms with E-state index in [0.717, 1.165) is 5.56 Å². The summed E-state index contributed by atoms with van der Waals surface area (Å²) >= 11 is 5.92. The van der Waals surface area contributed by atoms with E-state index < -0.39 is 0 Å². The lowest BCUT2D eigenvalue weighted by Gasteiger charge is -2.12. The van der Waals surface area contributed by atoms with E-state index in [4.69, 9.17) is 22.1 Å². The minimum absolute atomic E-state index is 0.215. The summed E-state index contributed by atoms with van der Waals surface area (Å²) in [5.74, 6) is 0.860. The molecule has 0 fully saturated rings. The van der Waals surface area contributed by atoms with Crippen molar-refractivity contribution in [1.82, 2.24) is 0 Å². The Labute approximate surface area is 110 Å². The van der Waals surface area contributed by atoms with Gasteiger partial charge in [-0.2, -0.15) is 0 Å². The van der Waals surface area contributed by atoms with E-state index in [9.17, 15) is 4.39 Å². The van der Waals surface area contributed by atoms with Crippen molar-refractivity contribution in [2.24, 2.45) is 5.73 Å². The number of hydrogen-bond acceptors (Lipinski definition) is 2. The molecule has 0 unspecified atom stereocenters. The van der Waals surface area contributed by atoms with Crippen LogP contribution in [0.3, 0.4) is 0 Å². The van der Waals surface area contributed by atoms with Crippen molar-refractivity contribution in [2.45, 2.75) is 13.5 Å². The van der Waals surface area contributed by atoms with Crippen LogP contribution in [0.1, 0.15) is 11.1 Å². The summed E-state index contributed by atoms with van der Waals surface area (Å²) in [6.45, 7) is 2.13. The van der Waals surface area contributed by atoms with Gasteiger partial charge >= 0.3 is 0 Å². The van der Waals surface area contributed by atoms with E-state index in [1.165, 1.54) is 12.1 Å². The number of rotatable bonds is 3. The average Bonchev–Trinajstić information content (AvgIpc) is 2.36. The standard InChI is InChI=1S/C14H13ClFNO/c1-9-2-3-11(15)7-14(9)18-13-5-4-12(16)6-10(13)8-17/h2-7H,8,17H2,1H3. The highest BCUT2D eigenvalue weighted by atomic mass is 35.5. The van der Waals surface area contributed by atoms with Crippen LogP contribution in [0.5, 0.6) is 11.5 Å². The lowest BCUT2D eigenvalue weighted by Crippen LogP contribution is -2.00. The second-order valence-corrected chi connectivity index (χ2v) is 4.40. The molecule has 2 rings (SSSR count). The molecule has 2 aromatic rings. The van der Waals surface area contributed by atoms with Gasteiger partial charge in [0.25, 0.3) is 0 Å². The monoisotopic (exact) mass is 265 g/mol. The van der Waals surface area contributed by atoms with Gasteiger partial charge in [-0.15, -0.1) is 0 Å². The Morgan fingerprint density at radius 2 is 1.94 bits per heavy atom. The van der Waals surface area contributed by atoms with Gasteiger partial charge in [-0.1, -0.05) is 17.7 Å². The van der Waals surface area contributed by atoms with Gasteiger partial charge in [-0.3, -0.25) is 0 Å². The Bertz CT molecular complexity index is 572. The largest absolute Gasteiger partial charge is 0.457 e. The van der Waals surface area contributed by atoms with E-state index in [1.54, 1.807) is 18.2 Å². The number of halogens is 2. The quantitative estimate of drug-likeness (QED) is 0.909. The second kappa shape index (κ2) is 5.38. The molecular formula is C14H13ClFNO. The van der Waals surface area contributed by atoms with Gasteiger partial charge in [0.1, 0.15) is 17.3 Å². The topological polar surface area (TPSA) is 35.2 Å². The number of ether oxygens (including phenoxy) is 1. The van der Waals surface area contributed by atoms with Crippen molar-refractivity contribution in [3.8, 4) is 11.5 Å². The molecule has 0 aliphatic heterocycles. The third-order valence-electron chi connectivity index (χ3n) is 2.61. The molecule has 0 amide bonds. The zero-order valence-corrected chi connectivity index (χ0v) is 10.7. The number of aryl methyl sites for hydroxylation is 1. The molecule has 2 nitrogen and oxygen atoms in total. The van der Waals surface area contributed by atoms with Gasteiger partial charge in [0.15, 0.2) is 0 Å². The number of nitrogens with two attached hydrogens (primary N) is 1. The van der Waals surface area contributed by atoms with Gasteiger partial charge in [0, 0.05) is 17.1 Å². The molecule has 0 saturated heterocycles. The third kappa shape index (κ3) is 2.81. The van der Waals surface area contributed by atoms with E-state index in [-0.39, 0.29) is 12.4 Å². The van der Waals surface area contributed by atoms with Crippen molar-refractivity contribution in [1.29, 1.82) is 0 Å². The van der Waals surface area contributed by atoms with E-state index in [2.05, 4.69) is 0 Å². The molecule has 94 valence electrons. The molecular weight excluding hydrogens is 253 g/mol. The Morgan fingerprint density at radius 3 is 2.67 bits per heavy atom. The molecule has 0 aromatic heterocycles. The molecule has 0 spiro atoms. The average molecular weight is 266 g/mol. The zero-order valence-electron chi connectivity index (χ0n) is 9.91. The van der Waals surface area contributed by atoms with Gasteiger partial charge < -0.3 is 10.5 Å². The van der Waals surface area contributed by atoms with Crippen LogP contribution >= 0.6 is 11.6 Å². The molecule has 0 aliphatic carbocycles. The van der Waals surface area contributed by atoms with Crippen molar-refractivity contribution < 1.29 is 9.13 Å². The molecule has 2 aromatic carbocycles. The maximum atomic E-state index is 13.1. The maximum absolute atomic E-state index is 13.1. The molecule has 0 aliphatic rings. The summed E-state index contributed by atoms with van der Waals surface area (Å²) in [6.07, 6.45) is 0. The first-order valence-corrected chi connectivity index (χ1v) is 5.90. The van der Waals surface area contributed by atoms with Crippen LogP contribution in [0.15, 0.2) is 36.4 Å². The predicted octanol–water partition coefficient (Wildman–Crippen LogP) is 4.04. The highest BCUT2D eigenvalue weighted by Crippen LogP contribution is 2.30. The van der Waals surface area contributed by atoms with Crippen LogP contribution in [0.25, 0.3) is 0 Å². The number of benzene rings is 2. The summed E-state index contributed by atoms with van der Waals surface area (Å²) in [6, 6.07) is 9.66. The lowest BCUT2D eigenvalue weighted by atomic mass is 10.2. The molecule has 4 heteroatoms. The van der Waals surface area contributed by atoms with Gasteiger partial charge in [0.2, 0.25) is 0 Å². The molecule has 18 heavy (non-hydrogen) atoms. The van der Waals surface area contributed by atoms with Crippen molar-refractivity contribution in [3.63, 3.8) is 0 Å². The lowest BCUT2D eigenvalue weighted by molar-refractivity contribution is 0.470. The Balaban J connectivity index is 2.36. The Morgan fingerprint density at radius 1 is 1.17 bits per heavy atom. The van der Waals surface area contributed by atoms with Crippen molar-refractivity contribution in [2.75, 3.05) is 0 Å². The summed E-state index contributed by atoms with van der Waals surface area (Å²) in [7, 11) is 0. The van der Waals surface area contributed by atoms with E-state index in [1.807, 2.05) is 13.0 Å². The third-order valence-corrected chi connectivity index (χ3v) is 2.85. The molecule has 0 saturated carbocycles. The van der Waals surface area contributed by atoms with Crippen LogP contribution in [0.2, 0.25) is 5.02 Å². The van der Waals surface area contributed by atoms with Crippen LogP contribution in [0.4, 0.5) is 4.39 Å². The molecule has 2 N–H and O–H groups in total. The first kappa shape index (κ1) is 12.9. The smallest absolute Gasteiger partial charge is 0.132 e. The van der Waals surface area contributed by atoms with Crippen LogP contribution in [0, 0.1) is 12.7 Å².